The molecule has 0 fully saturated rings. The Kier molecular flexibility index (Phi) is 6.86. The Morgan fingerprint density at radius 3 is 1.49 bits per heavy atom. The van der Waals surface area contributed by atoms with E-state index in [0.29, 0.717) is 36.4 Å². The number of ether oxygens (including phenoxy) is 1. The van der Waals surface area contributed by atoms with Crippen LogP contribution in [0.4, 0.5) is 40.8 Å². The molecule has 0 bridgehead atoms. The second kappa shape index (κ2) is 9.35. The minimum absolute atomic E-state index is 0.0244. The van der Waals surface area contributed by atoms with Crippen LogP contribution in [0, 0.1) is 11.6 Å². The number of esters is 1. The lowest BCUT2D eigenvalue weighted by atomic mass is 9.91. The molecule has 184 valence electrons. The number of alkyl halides is 6. The molecule has 0 spiro atoms. The summed E-state index contributed by atoms with van der Waals surface area (Å²) in [5.41, 5.74) is -7.51. The molecule has 1 amide bonds. The number of benzene rings is 3. The van der Waals surface area contributed by atoms with Gasteiger partial charge in [0.1, 0.15) is 11.6 Å². The summed E-state index contributed by atoms with van der Waals surface area (Å²) in [5, 5.41) is 2.24. The van der Waals surface area contributed by atoms with Gasteiger partial charge in [-0.2, -0.15) is 26.3 Å². The smallest absolute Gasteiger partial charge is 0.431 e. The van der Waals surface area contributed by atoms with Gasteiger partial charge in [0.15, 0.2) is 0 Å². The summed E-state index contributed by atoms with van der Waals surface area (Å²) in [4.78, 5) is 24.4. The van der Waals surface area contributed by atoms with Crippen molar-refractivity contribution in [3.8, 4) is 0 Å². The van der Waals surface area contributed by atoms with E-state index in [1.807, 2.05) is 0 Å². The largest absolute Gasteiger partial charge is 0.442 e. The number of nitrogens with one attached hydrogen (secondary N) is 1. The molecule has 3 rings (SSSR count). The molecule has 0 aromatic heterocycles. The molecule has 3 aromatic carbocycles. The van der Waals surface area contributed by atoms with Gasteiger partial charge < -0.3 is 10.1 Å². The Hall–Kier alpha value is -3.96. The van der Waals surface area contributed by atoms with Crippen LogP contribution in [-0.2, 0) is 10.3 Å². The maximum atomic E-state index is 13.9. The highest BCUT2D eigenvalue weighted by atomic mass is 19.4. The van der Waals surface area contributed by atoms with Crippen LogP contribution in [0.15, 0.2) is 72.8 Å². The molecule has 0 aliphatic rings. The van der Waals surface area contributed by atoms with Crippen LogP contribution in [0.1, 0.15) is 26.3 Å². The first-order chi connectivity index (χ1) is 16.2. The third-order valence-electron chi connectivity index (χ3n) is 4.78. The number of hydrogen-bond acceptors (Lipinski definition) is 3. The molecule has 3 aromatic rings. The van der Waals surface area contributed by atoms with Crippen molar-refractivity contribution >= 4 is 17.6 Å². The highest BCUT2D eigenvalue weighted by molar-refractivity contribution is 6.04. The second-order valence-corrected chi connectivity index (χ2v) is 7.11. The minimum Gasteiger partial charge on any atom is -0.431 e. The predicted octanol–water partition coefficient (Wildman–Crippen LogP) is 6.39. The average Bonchev–Trinajstić information content (AvgIpc) is 2.77. The molecule has 1 N–H and O–H groups in total. The fourth-order valence-electron chi connectivity index (χ4n) is 3.04. The summed E-state index contributed by atoms with van der Waals surface area (Å²) >= 11 is 0. The zero-order chi connectivity index (χ0) is 26.0. The Morgan fingerprint density at radius 1 is 0.629 bits per heavy atom. The van der Waals surface area contributed by atoms with E-state index in [2.05, 4.69) is 10.1 Å². The summed E-state index contributed by atoms with van der Waals surface area (Å²) in [6.07, 6.45) is -12.3. The van der Waals surface area contributed by atoms with Gasteiger partial charge in [-0.3, -0.25) is 4.79 Å². The summed E-state index contributed by atoms with van der Waals surface area (Å²) in [7, 11) is 0. The zero-order valence-corrected chi connectivity index (χ0v) is 17.2. The maximum Gasteiger partial charge on any atom is 0.442 e. The van der Waals surface area contributed by atoms with Crippen molar-refractivity contribution in [3.05, 3.63) is 101 Å². The molecule has 0 aliphatic heterocycles. The SMILES string of the molecule is O=C(Nc1ccc(C(OC(=O)c2ccc(F)cc2)(C(F)(F)F)C(F)(F)F)cc1)c1ccc(F)cc1. The second-order valence-electron chi connectivity index (χ2n) is 7.11. The van der Waals surface area contributed by atoms with E-state index >= 15 is 0 Å². The monoisotopic (exact) mass is 503 g/mol. The summed E-state index contributed by atoms with van der Waals surface area (Å²) in [6.45, 7) is 0. The number of rotatable bonds is 5. The van der Waals surface area contributed by atoms with Gasteiger partial charge in [-0.15, -0.1) is 0 Å². The number of anilines is 1. The summed E-state index contributed by atoms with van der Waals surface area (Å²) < 4.78 is 113. The van der Waals surface area contributed by atoms with Crippen molar-refractivity contribution < 1.29 is 49.4 Å². The highest BCUT2D eigenvalue weighted by Gasteiger charge is 2.75. The average molecular weight is 503 g/mol. The Morgan fingerprint density at radius 2 is 1.06 bits per heavy atom. The van der Waals surface area contributed by atoms with Gasteiger partial charge in [0.05, 0.1) is 5.56 Å². The Labute approximate surface area is 192 Å². The molecule has 0 radical (unpaired) electrons. The molecular formula is C23H13F8NO3. The quantitative estimate of drug-likeness (QED) is 0.324. The van der Waals surface area contributed by atoms with Crippen LogP contribution in [-0.4, -0.2) is 24.2 Å². The molecule has 0 saturated heterocycles. The topological polar surface area (TPSA) is 55.4 Å². The molecule has 4 nitrogen and oxygen atoms in total. The van der Waals surface area contributed by atoms with Gasteiger partial charge in [-0.1, -0.05) is 12.1 Å². The third-order valence-corrected chi connectivity index (χ3v) is 4.78. The van der Waals surface area contributed by atoms with Gasteiger partial charge in [0.2, 0.25) is 0 Å². The van der Waals surface area contributed by atoms with E-state index in [0.717, 1.165) is 36.4 Å². The standard InChI is InChI=1S/C23H13F8NO3/c24-16-7-1-13(2-8-16)19(33)32-18-11-5-15(6-12-18)21(22(26,27)28,23(29,30)31)35-20(34)14-3-9-17(25)10-4-14/h1-12H,(H,32,33). The van der Waals surface area contributed by atoms with Crippen LogP contribution >= 0.6 is 0 Å². The van der Waals surface area contributed by atoms with E-state index in [-0.39, 0.29) is 11.3 Å². The lowest BCUT2D eigenvalue weighted by Crippen LogP contribution is -2.56. The van der Waals surface area contributed by atoms with E-state index in [1.54, 1.807) is 0 Å². The van der Waals surface area contributed by atoms with Crippen molar-refractivity contribution in [3.63, 3.8) is 0 Å². The van der Waals surface area contributed by atoms with Gasteiger partial charge in [0, 0.05) is 16.8 Å². The number of hydrogen-bond donors (Lipinski definition) is 1. The molecule has 12 heteroatoms. The van der Waals surface area contributed by atoms with Crippen LogP contribution in [0.25, 0.3) is 0 Å². The Bertz CT molecular complexity index is 1190. The summed E-state index contributed by atoms with van der Waals surface area (Å²) in [5.74, 6) is -4.30. The lowest BCUT2D eigenvalue weighted by molar-refractivity contribution is -0.373. The lowest BCUT2D eigenvalue weighted by Gasteiger charge is -2.36. The van der Waals surface area contributed by atoms with Crippen molar-refractivity contribution in [2.75, 3.05) is 5.32 Å². The first-order valence-corrected chi connectivity index (χ1v) is 9.54. The Balaban J connectivity index is 1.97. The van der Waals surface area contributed by atoms with Gasteiger partial charge in [-0.25, -0.2) is 13.6 Å². The number of carbonyl (C=O) groups is 2. The molecule has 0 aliphatic carbocycles. The van der Waals surface area contributed by atoms with Crippen molar-refractivity contribution in [2.24, 2.45) is 0 Å². The van der Waals surface area contributed by atoms with Crippen molar-refractivity contribution in [1.82, 2.24) is 0 Å². The van der Waals surface area contributed by atoms with E-state index in [4.69, 9.17) is 0 Å². The van der Waals surface area contributed by atoms with Crippen LogP contribution in [0.5, 0.6) is 0 Å². The van der Waals surface area contributed by atoms with Crippen LogP contribution in [0.3, 0.4) is 0 Å². The first-order valence-electron chi connectivity index (χ1n) is 9.54. The molecule has 0 atom stereocenters. The van der Waals surface area contributed by atoms with Crippen LogP contribution in [0.2, 0.25) is 0 Å². The minimum atomic E-state index is -6.15. The van der Waals surface area contributed by atoms with E-state index in [1.165, 1.54) is 0 Å². The normalized spacial score (nSPS) is 12.2. The van der Waals surface area contributed by atoms with Crippen molar-refractivity contribution in [1.29, 1.82) is 0 Å². The molecule has 0 unspecified atom stereocenters. The van der Waals surface area contributed by atoms with Crippen LogP contribution < -0.4 is 5.32 Å². The first kappa shape index (κ1) is 25.7. The summed E-state index contributed by atoms with van der Waals surface area (Å²) in [6, 6.07) is 9.13. The van der Waals surface area contributed by atoms with Gasteiger partial charge >= 0.3 is 23.9 Å². The highest BCUT2D eigenvalue weighted by Crippen LogP contribution is 2.53. The van der Waals surface area contributed by atoms with E-state index < -0.39 is 52.6 Å². The fraction of sp³-hybridized carbons (Fsp3) is 0.130. The van der Waals surface area contributed by atoms with Crippen molar-refractivity contribution in [2.45, 2.75) is 18.0 Å². The predicted molar refractivity (Wildman–Crippen MR) is 106 cm³/mol. The van der Waals surface area contributed by atoms with E-state index in [9.17, 15) is 44.7 Å². The number of amides is 1. The van der Waals surface area contributed by atoms with Gasteiger partial charge in [0.25, 0.3) is 5.91 Å². The zero-order valence-electron chi connectivity index (χ0n) is 17.2. The number of carbonyl (C=O) groups excluding carboxylic acids is 2. The maximum absolute atomic E-state index is 13.9. The van der Waals surface area contributed by atoms with Gasteiger partial charge in [-0.05, 0) is 60.7 Å². The molecule has 35 heavy (non-hydrogen) atoms. The molecule has 0 saturated carbocycles. The fourth-order valence-corrected chi connectivity index (χ4v) is 3.04. The number of halogens is 8. The molecule has 0 heterocycles. The molecular weight excluding hydrogens is 490 g/mol. The third kappa shape index (κ3) is 5.26.